The van der Waals surface area contributed by atoms with E-state index in [1.54, 1.807) is 50.1 Å². The van der Waals surface area contributed by atoms with E-state index in [1.165, 1.54) is 0 Å². The minimum Gasteiger partial charge on any atom is -0.481 e. The number of halogens is 1. The Bertz CT molecular complexity index is 1000. The van der Waals surface area contributed by atoms with Crippen molar-refractivity contribution >= 4 is 29.1 Å². The summed E-state index contributed by atoms with van der Waals surface area (Å²) in [6.07, 6.45) is 5.84. The van der Waals surface area contributed by atoms with Crippen LogP contribution in [-0.2, 0) is 0 Å². The Kier molecular flexibility index (Phi) is 6.47. The van der Waals surface area contributed by atoms with E-state index >= 15 is 0 Å². The van der Waals surface area contributed by atoms with E-state index < -0.39 is 0 Å². The fourth-order valence-corrected chi connectivity index (χ4v) is 3.87. The maximum absolute atomic E-state index is 12.7. The molecule has 1 aromatic carbocycles. The van der Waals surface area contributed by atoms with Crippen LogP contribution in [0.15, 0.2) is 61.2 Å². The predicted molar refractivity (Wildman–Crippen MR) is 120 cm³/mol. The van der Waals surface area contributed by atoms with Crippen molar-refractivity contribution in [3.05, 3.63) is 71.8 Å². The van der Waals surface area contributed by atoms with Gasteiger partial charge >= 0.3 is 6.03 Å². The summed E-state index contributed by atoms with van der Waals surface area (Å²) < 4.78 is 5.19. The molecule has 0 unspecified atom stereocenters. The quantitative estimate of drug-likeness (QED) is 0.630. The van der Waals surface area contributed by atoms with Crippen LogP contribution in [0.1, 0.15) is 17.9 Å². The fraction of sp³-hybridized carbons (Fsp3) is 0.273. The first-order valence-electron chi connectivity index (χ1n) is 9.96. The van der Waals surface area contributed by atoms with Crippen molar-refractivity contribution in [2.75, 3.05) is 30.4 Å². The SMILES string of the molecule is COc1ccc([C@@H]2CN(c3ccncn3)CC[C@H]2NC(=O)Nc2ccc(Cl)cc2)cn1. The Labute approximate surface area is 185 Å². The van der Waals surface area contributed by atoms with E-state index in [4.69, 9.17) is 16.3 Å². The van der Waals surface area contributed by atoms with Gasteiger partial charge in [0.2, 0.25) is 5.88 Å². The Morgan fingerprint density at radius 3 is 2.68 bits per heavy atom. The molecule has 2 atom stereocenters. The molecule has 3 aromatic rings. The highest BCUT2D eigenvalue weighted by Crippen LogP contribution is 2.30. The average molecular weight is 439 g/mol. The summed E-state index contributed by atoms with van der Waals surface area (Å²) in [5.41, 5.74) is 1.71. The molecule has 9 heteroatoms. The van der Waals surface area contributed by atoms with Gasteiger partial charge in [-0.25, -0.2) is 19.7 Å². The van der Waals surface area contributed by atoms with E-state index in [0.717, 1.165) is 24.3 Å². The monoisotopic (exact) mass is 438 g/mol. The van der Waals surface area contributed by atoms with Gasteiger partial charge in [-0.15, -0.1) is 0 Å². The molecule has 0 radical (unpaired) electrons. The highest BCUT2D eigenvalue weighted by atomic mass is 35.5. The molecule has 31 heavy (non-hydrogen) atoms. The number of hydrogen-bond donors (Lipinski definition) is 2. The predicted octanol–water partition coefficient (Wildman–Crippen LogP) is 3.72. The lowest BCUT2D eigenvalue weighted by molar-refractivity contribution is 0.243. The van der Waals surface area contributed by atoms with Crippen molar-refractivity contribution in [2.24, 2.45) is 0 Å². The Balaban J connectivity index is 1.51. The van der Waals surface area contributed by atoms with Crippen molar-refractivity contribution in [3.8, 4) is 5.88 Å². The number of aromatic nitrogens is 3. The molecule has 1 saturated heterocycles. The lowest BCUT2D eigenvalue weighted by Gasteiger charge is -2.39. The number of amides is 2. The van der Waals surface area contributed by atoms with Crippen LogP contribution in [0.4, 0.5) is 16.3 Å². The summed E-state index contributed by atoms with van der Waals surface area (Å²) in [5, 5.41) is 6.62. The second-order valence-electron chi connectivity index (χ2n) is 7.25. The average Bonchev–Trinajstić information content (AvgIpc) is 2.81. The molecule has 3 heterocycles. The highest BCUT2D eigenvalue weighted by molar-refractivity contribution is 6.30. The molecule has 8 nitrogen and oxygen atoms in total. The number of methoxy groups -OCH3 is 1. The zero-order valence-electron chi connectivity index (χ0n) is 17.0. The lowest BCUT2D eigenvalue weighted by atomic mass is 9.86. The van der Waals surface area contributed by atoms with Crippen LogP contribution in [0.3, 0.4) is 0 Å². The summed E-state index contributed by atoms with van der Waals surface area (Å²) >= 11 is 5.92. The van der Waals surface area contributed by atoms with E-state index in [1.807, 2.05) is 18.2 Å². The Hall–Kier alpha value is -3.39. The van der Waals surface area contributed by atoms with Crippen LogP contribution in [0.25, 0.3) is 0 Å². The van der Waals surface area contributed by atoms with Gasteiger partial charge in [0.15, 0.2) is 0 Å². The molecule has 4 rings (SSSR count). The number of nitrogens with one attached hydrogen (secondary N) is 2. The van der Waals surface area contributed by atoms with E-state index in [0.29, 0.717) is 23.1 Å². The van der Waals surface area contributed by atoms with Crippen molar-refractivity contribution in [1.29, 1.82) is 0 Å². The van der Waals surface area contributed by atoms with E-state index in [2.05, 4.69) is 30.5 Å². The highest BCUT2D eigenvalue weighted by Gasteiger charge is 2.32. The molecule has 0 saturated carbocycles. The van der Waals surface area contributed by atoms with Gasteiger partial charge in [-0.1, -0.05) is 17.7 Å². The van der Waals surface area contributed by atoms with Gasteiger partial charge < -0.3 is 20.3 Å². The van der Waals surface area contributed by atoms with Gasteiger partial charge in [-0.2, -0.15) is 0 Å². The van der Waals surface area contributed by atoms with Crippen molar-refractivity contribution in [3.63, 3.8) is 0 Å². The molecule has 2 amide bonds. The summed E-state index contributed by atoms with van der Waals surface area (Å²) in [6.45, 7) is 1.46. The maximum atomic E-state index is 12.7. The first-order chi connectivity index (χ1) is 15.1. The molecule has 2 aromatic heterocycles. The lowest BCUT2D eigenvalue weighted by Crippen LogP contribution is -2.51. The van der Waals surface area contributed by atoms with Crippen LogP contribution < -0.4 is 20.3 Å². The first kappa shape index (κ1) is 20.9. The smallest absolute Gasteiger partial charge is 0.319 e. The number of hydrogen-bond acceptors (Lipinski definition) is 6. The molecular weight excluding hydrogens is 416 g/mol. The van der Waals surface area contributed by atoms with Crippen molar-refractivity contribution < 1.29 is 9.53 Å². The number of ether oxygens (including phenoxy) is 1. The number of anilines is 2. The molecule has 0 aliphatic carbocycles. The van der Waals surface area contributed by atoms with Crippen LogP contribution in [0.5, 0.6) is 5.88 Å². The minimum atomic E-state index is -0.255. The zero-order chi connectivity index (χ0) is 21.6. The number of piperidine rings is 1. The normalized spacial score (nSPS) is 18.3. The van der Waals surface area contributed by atoms with Crippen molar-refractivity contribution in [1.82, 2.24) is 20.3 Å². The van der Waals surface area contributed by atoms with Gasteiger partial charge in [0, 0.05) is 54.2 Å². The second-order valence-corrected chi connectivity index (χ2v) is 7.69. The van der Waals surface area contributed by atoms with Gasteiger partial charge in [0.05, 0.1) is 7.11 Å². The molecule has 0 bridgehead atoms. The standard InChI is InChI=1S/C22H23ClN6O2/c1-31-21-7-2-15(12-25-21)18-13-29(20-8-10-24-14-26-20)11-9-19(18)28-22(30)27-17-5-3-16(23)4-6-17/h2-8,10,12,14,18-19H,9,11,13H2,1H3,(H2,27,28,30)/t18-,19+/m0/s1. The Morgan fingerprint density at radius 2 is 2.00 bits per heavy atom. The van der Waals surface area contributed by atoms with Gasteiger partial charge in [-0.3, -0.25) is 0 Å². The van der Waals surface area contributed by atoms with Gasteiger partial charge in [0.1, 0.15) is 12.1 Å². The number of pyridine rings is 1. The number of benzene rings is 1. The maximum Gasteiger partial charge on any atom is 0.319 e. The third kappa shape index (κ3) is 5.21. The largest absolute Gasteiger partial charge is 0.481 e. The van der Waals surface area contributed by atoms with Crippen LogP contribution in [0, 0.1) is 0 Å². The molecule has 2 N–H and O–H groups in total. The fourth-order valence-electron chi connectivity index (χ4n) is 3.74. The Morgan fingerprint density at radius 1 is 1.16 bits per heavy atom. The molecular formula is C22H23ClN6O2. The van der Waals surface area contributed by atoms with E-state index in [-0.39, 0.29) is 18.0 Å². The summed E-state index contributed by atoms with van der Waals surface area (Å²) in [7, 11) is 1.59. The molecule has 0 spiro atoms. The van der Waals surface area contributed by atoms with Crippen LogP contribution in [-0.4, -0.2) is 47.2 Å². The number of rotatable bonds is 5. The second kappa shape index (κ2) is 9.61. The van der Waals surface area contributed by atoms with Crippen LogP contribution >= 0.6 is 11.6 Å². The number of urea groups is 1. The minimum absolute atomic E-state index is 0.0260. The number of carbonyl (C=O) groups excluding carboxylic acids is 1. The zero-order valence-corrected chi connectivity index (χ0v) is 17.8. The van der Waals surface area contributed by atoms with Gasteiger partial charge in [-0.05, 0) is 42.3 Å². The van der Waals surface area contributed by atoms with E-state index in [9.17, 15) is 4.79 Å². The first-order valence-corrected chi connectivity index (χ1v) is 10.3. The summed E-state index contributed by atoms with van der Waals surface area (Å²) in [4.78, 5) is 27.6. The van der Waals surface area contributed by atoms with Crippen LogP contribution in [0.2, 0.25) is 5.02 Å². The summed E-state index contributed by atoms with van der Waals surface area (Å²) in [6, 6.07) is 12.4. The third-order valence-corrected chi connectivity index (χ3v) is 5.57. The van der Waals surface area contributed by atoms with Gasteiger partial charge in [0.25, 0.3) is 0 Å². The molecule has 1 aliphatic rings. The molecule has 160 valence electrons. The van der Waals surface area contributed by atoms with Crippen molar-refractivity contribution in [2.45, 2.75) is 18.4 Å². The molecule has 1 aliphatic heterocycles. The molecule has 1 fully saturated rings. The number of carbonyl (C=O) groups is 1. The third-order valence-electron chi connectivity index (χ3n) is 5.32. The summed E-state index contributed by atoms with van der Waals surface area (Å²) in [5.74, 6) is 1.45. The topological polar surface area (TPSA) is 92.3 Å². The number of nitrogens with zero attached hydrogens (tertiary/aromatic N) is 4.